The van der Waals surface area contributed by atoms with Crippen molar-refractivity contribution in [3.05, 3.63) is 88.3 Å². The average Bonchev–Trinajstić information content (AvgIpc) is 3.23. The lowest BCUT2D eigenvalue weighted by Crippen LogP contribution is -2.39. The summed E-state index contributed by atoms with van der Waals surface area (Å²) in [6.07, 6.45) is -0.966. The minimum Gasteiger partial charge on any atom is -0.465 e. The molecule has 2 aromatic carbocycles. The molecule has 0 radical (unpaired) electrons. The highest BCUT2D eigenvalue weighted by molar-refractivity contribution is 9.10. The smallest absolute Gasteiger partial charge is 0.416 e. The Morgan fingerprint density at radius 3 is 2.35 bits per heavy atom. The van der Waals surface area contributed by atoms with Gasteiger partial charge >= 0.3 is 12.1 Å². The molecular formula is C25H21BrF3N3O2. The molecule has 0 unspecified atom stereocenters. The standard InChI is InChI=1S/C25H21BrF3N3O2/c1-3-34-23(33)24(2,13-16-7-5-4-6-8-16)21-20(26)15-30-22-19(14-31-32(21)22)17-9-11-18(12-10-17)25(27,28)29/h4-12,14-15H,3,13H2,1-2H3/t24-/m1/s1. The summed E-state index contributed by atoms with van der Waals surface area (Å²) in [5, 5.41) is 4.47. The quantitative estimate of drug-likeness (QED) is 0.276. The first-order valence-electron chi connectivity index (χ1n) is 10.6. The van der Waals surface area contributed by atoms with E-state index in [1.807, 2.05) is 30.3 Å². The number of hydrogen-bond donors (Lipinski definition) is 0. The van der Waals surface area contributed by atoms with E-state index >= 15 is 0 Å². The number of carbonyl (C=O) groups is 1. The van der Waals surface area contributed by atoms with Gasteiger partial charge in [0.1, 0.15) is 5.41 Å². The Hall–Kier alpha value is -3.20. The van der Waals surface area contributed by atoms with Crippen molar-refractivity contribution in [1.82, 2.24) is 14.6 Å². The number of hydrogen-bond acceptors (Lipinski definition) is 4. The number of nitrogens with zero attached hydrogens (tertiary/aromatic N) is 3. The van der Waals surface area contributed by atoms with Gasteiger partial charge in [-0.3, -0.25) is 4.79 Å². The van der Waals surface area contributed by atoms with Gasteiger partial charge in [0.2, 0.25) is 0 Å². The van der Waals surface area contributed by atoms with Crippen molar-refractivity contribution in [2.75, 3.05) is 6.61 Å². The Bertz CT molecular complexity index is 1320. The van der Waals surface area contributed by atoms with E-state index in [9.17, 15) is 18.0 Å². The Morgan fingerprint density at radius 1 is 1.06 bits per heavy atom. The first-order chi connectivity index (χ1) is 16.1. The number of esters is 1. The van der Waals surface area contributed by atoms with E-state index in [0.29, 0.717) is 33.4 Å². The second-order valence-corrected chi connectivity index (χ2v) is 8.89. The average molecular weight is 532 g/mol. The largest absolute Gasteiger partial charge is 0.465 e. The third-order valence-corrected chi connectivity index (χ3v) is 6.23. The maximum absolute atomic E-state index is 13.3. The lowest BCUT2D eigenvalue weighted by molar-refractivity contribution is -0.149. The van der Waals surface area contributed by atoms with E-state index in [4.69, 9.17) is 4.74 Å². The van der Waals surface area contributed by atoms with Crippen LogP contribution in [0.3, 0.4) is 0 Å². The molecule has 0 aliphatic rings. The zero-order valence-corrected chi connectivity index (χ0v) is 20.0. The Kier molecular flexibility index (Phi) is 6.49. The van der Waals surface area contributed by atoms with E-state index in [-0.39, 0.29) is 6.61 Å². The Labute approximate surface area is 202 Å². The number of halogens is 4. The number of benzene rings is 2. The normalized spacial score (nSPS) is 13.6. The monoisotopic (exact) mass is 531 g/mol. The van der Waals surface area contributed by atoms with Crippen LogP contribution in [-0.2, 0) is 27.5 Å². The van der Waals surface area contributed by atoms with E-state index in [1.54, 1.807) is 24.6 Å². The van der Waals surface area contributed by atoms with Gasteiger partial charge in [0.05, 0.1) is 28.5 Å². The summed E-state index contributed by atoms with van der Waals surface area (Å²) in [5.74, 6) is -0.418. The van der Waals surface area contributed by atoms with E-state index in [0.717, 1.165) is 17.7 Å². The number of fused-ring (bicyclic) bond motifs is 1. The van der Waals surface area contributed by atoms with Crippen LogP contribution in [0.2, 0.25) is 0 Å². The van der Waals surface area contributed by atoms with Gasteiger partial charge in [-0.15, -0.1) is 0 Å². The van der Waals surface area contributed by atoms with Gasteiger partial charge in [-0.2, -0.15) is 18.3 Å². The maximum atomic E-state index is 13.3. The lowest BCUT2D eigenvalue weighted by Gasteiger charge is -2.29. The van der Waals surface area contributed by atoms with Crippen molar-refractivity contribution >= 4 is 27.5 Å². The summed E-state index contributed by atoms with van der Waals surface area (Å²) in [5.41, 5.74) is 1.12. The lowest BCUT2D eigenvalue weighted by atomic mass is 9.80. The molecule has 0 aliphatic heterocycles. The van der Waals surface area contributed by atoms with Crippen LogP contribution in [0, 0.1) is 0 Å². The van der Waals surface area contributed by atoms with Crippen molar-refractivity contribution in [2.45, 2.75) is 31.9 Å². The molecule has 1 atom stereocenters. The second kappa shape index (κ2) is 9.21. The van der Waals surface area contributed by atoms with Gasteiger partial charge in [0.25, 0.3) is 0 Å². The van der Waals surface area contributed by atoms with Crippen LogP contribution in [0.1, 0.15) is 30.7 Å². The second-order valence-electron chi connectivity index (χ2n) is 8.04. The van der Waals surface area contributed by atoms with Gasteiger partial charge in [0, 0.05) is 11.8 Å². The van der Waals surface area contributed by atoms with Crippen LogP contribution in [0.4, 0.5) is 13.2 Å². The van der Waals surface area contributed by atoms with Crippen molar-refractivity contribution in [2.24, 2.45) is 0 Å². The van der Waals surface area contributed by atoms with Gasteiger partial charge in [-0.25, -0.2) is 9.50 Å². The number of rotatable bonds is 6. The molecule has 9 heteroatoms. The SMILES string of the molecule is CCOC(=O)[C@](C)(Cc1ccccc1)c1c(Br)cnc2c(-c3ccc(C(F)(F)F)cc3)cnn12. The highest BCUT2D eigenvalue weighted by atomic mass is 79.9. The molecule has 2 aromatic heterocycles. The molecule has 0 fully saturated rings. The predicted molar refractivity (Wildman–Crippen MR) is 125 cm³/mol. The van der Waals surface area contributed by atoms with E-state index in [1.165, 1.54) is 18.3 Å². The fourth-order valence-corrected chi connectivity index (χ4v) is 4.70. The van der Waals surface area contributed by atoms with Crippen molar-refractivity contribution < 1.29 is 22.7 Å². The van der Waals surface area contributed by atoms with Gasteiger partial charge in [-0.05, 0) is 59.5 Å². The third kappa shape index (κ3) is 4.44. The molecule has 4 aromatic rings. The highest BCUT2D eigenvalue weighted by Gasteiger charge is 2.41. The van der Waals surface area contributed by atoms with E-state index < -0.39 is 23.1 Å². The Balaban J connectivity index is 1.86. The minimum absolute atomic E-state index is 0.213. The summed E-state index contributed by atoms with van der Waals surface area (Å²) in [6.45, 7) is 3.75. The molecule has 0 saturated carbocycles. The van der Waals surface area contributed by atoms with Gasteiger partial charge in [0.15, 0.2) is 5.65 Å². The van der Waals surface area contributed by atoms with Crippen molar-refractivity contribution in [3.63, 3.8) is 0 Å². The maximum Gasteiger partial charge on any atom is 0.416 e. The van der Waals surface area contributed by atoms with Crippen LogP contribution >= 0.6 is 15.9 Å². The summed E-state index contributed by atoms with van der Waals surface area (Å²) < 4.78 is 46.5. The summed E-state index contributed by atoms with van der Waals surface area (Å²) in [4.78, 5) is 17.7. The zero-order valence-electron chi connectivity index (χ0n) is 18.4. The molecule has 34 heavy (non-hydrogen) atoms. The van der Waals surface area contributed by atoms with Crippen LogP contribution in [0.5, 0.6) is 0 Å². The van der Waals surface area contributed by atoms with E-state index in [2.05, 4.69) is 26.0 Å². The van der Waals surface area contributed by atoms with Gasteiger partial charge < -0.3 is 4.74 Å². The fourth-order valence-electron chi connectivity index (χ4n) is 4.00. The summed E-state index contributed by atoms with van der Waals surface area (Å²) >= 11 is 3.53. The number of alkyl halides is 3. The molecule has 0 amide bonds. The first kappa shape index (κ1) is 23.9. The summed E-state index contributed by atoms with van der Waals surface area (Å²) in [6, 6.07) is 14.4. The topological polar surface area (TPSA) is 56.5 Å². The predicted octanol–water partition coefficient (Wildman–Crippen LogP) is 6.24. The van der Waals surface area contributed by atoms with Crippen LogP contribution in [0.25, 0.3) is 16.8 Å². The molecule has 5 nitrogen and oxygen atoms in total. The van der Waals surface area contributed by atoms with Crippen LogP contribution < -0.4 is 0 Å². The highest BCUT2D eigenvalue weighted by Crippen LogP contribution is 2.37. The molecule has 176 valence electrons. The summed E-state index contributed by atoms with van der Waals surface area (Å²) in [7, 11) is 0. The molecule has 0 spiro atoms. The number of aromatic nitrogens is 3. The first-order valence-corrected chi connectivity index (χ1v) is 11.4. The molecule has 0 saturated heterocycles. The fraction of sp³-hybridized carbons (Fsp3) is 0.240. The third-order valence-electron chi connectivity index (χ3n) is 5.65. The molecule has 0 bridgehead atoms. The minimum atomic E-state index is -4.42. The van der Waals surface area contributed by atoms with Crippen molar-refractivity contribution in [1.29, 1.82) is 0 Å². The van der Waals surface area contributed by atoms with Crippen molar-refractivity contribution in [3.8, 4) is 11.1 Å². The van der Waals surface area contributed by atoms with Crippen LogP contribution in [-0.4, -0.2) is 27.2 Å². The number of carbonyl (C=O) groups excluding carboxylic acids is 1. The molecule has 0 aliphatic carbocycles. The Morgan fingerprint density at radius 2 is 1.74 bits per heavy atom. The van der Waals surface area contributed by atoms with Crippen LogP contribution in [0.15, 0.2) is 71.5 Å². The molecular weight excluding hydrogens is 511 g/mol. The molecule has 4 rings (SSSR count). The molecule has 2 heterocycles. The molecule has 0 N–H and O–H groups in total. The van der Waals surface area contributed by atoms with Gasteiger partial charge in [-0.1, -0.05) is 42.5 Å². The zero-order chi connectivity index (χ0) is 24.5. The number of ether oxygens (including phenoxy) is 1.